The Kier molecular flexibility index (Phi) is 6.74. The minimum Gasteiger partial charge on any atom is -0.456 e. The van der Waals surface area contributed by atoms with E-state index in [1.807, 2.05) is 24.3 Å². The van der Waals surface area contributed by atoms with Gasteiger partial charge in [0.15, 0.2) is 0 Å². The van der Waals surface area contributed by atoms with E-state index in [-0.39, 0.29) is 11.2 Å². The van der Waals surface area contributed by atoms with Crippen LogP contribution in [0.3, 0.4) is 0 Å². The third kappa shape index (κ3) is 4.70. The molecule has 0 bridgehead atoms. The summed E-state index contributed by atoms with van der Waals surface area (Å²) in [6, 6.07) is 58.7. The molecule has 0 fully saturated rings. The Hall–Kier alpha value is -6.45. The number of rotatable bonds is 5. The minimum absolute atomic E-state index is 0.131. The lowest BCUT2D eigenvalue weighted by Crippen LogP contribution is -2.16. The van der Waals surface area contributed by atoms with E-state index in [0.717, 1.165) is 72.0 Å². The van der Waals surface area contributed by atoms with Gasteiger partial charge >= 0.3 is 0 Å². The number of para-hydroxylation sites is 1. The maximum Gasteiger partial charge on any atom is 0.137 e. The van der Waals surface area contributed by atoms with Gasteiger partial charge in [0.1, 0.15) is 17.0 Å². The lowest BCUT2D eigenvalue weighted by Gasteiger charge is -2.28. The third-order valence-corrected chi connectivity index (χ3v) is 10.9. The number of furan rings is 1. The van der Waals surface area contributed by atoms with Crippen LogP contribution in [0.5, 0.6) is 0 Å². The first kappa shape index (κ1) is 30.4. The van der Waals surface area contributed by atoms with Gasteiger partial charge in [-0.25, -0.2) is 4.39 Å². The van der Waals surface area contributed by atoms with Gasteiger partial charge in [0, 0.05) is 39.3 Å². The molecule has 0 spiro atoms. The minimum atomic E-state index is -0.240. The molecule has 9 aromatic rings. The standard InChI is InChI=1S/C49H34FNO/c1-49(2)44-18-5-3-14-40(44)41-26-24-36(29-45(41)49)51(37-25-27-43-42-15-4-6-19-46(42)52-47(43)30-37)35-22-20-31(21-23-35)38-16-8-10-32-11-9-17-39(48(32)38)33-12-7-13-34(50)28-33/h3-30H,1-2H3. The molecule has 52 heavy (non-hydrogen) atoms. The summed E-state index contributed by atoms with van der Waals surface area (Å²) in [6.45, 7) is 4.65. The zero-order valence-electron chi connectivity index (χ0n) is 28.9. The van der Waals surface area contributed by atoms with Crippen LogP contribution in [-0.4, -0.2) is 0 Å². The van der Waals surface area contributed by atoms with E-state index >= 15 is 0 Å². The zero-order chi connectivity index (χ0) is 35.0. The number of halogens is 1. The van der Waals surface area contributed by atoms with Crippen LogP contribution in [0, 0.1) is 5.82 Å². The number of nitrogens with zero attached hydrogens (tertiary/aromatic N) is 1. The molecular weight excluding hydrogens is 638 g/mol. The topological polar surface area (TPSA) is 16.4 Å². The highest BCUT2D eigenvalue weighted by atomic mass is 19.1. The highest BCUT2D eigenvalue weighted by Gasteiger charge is 2.35. The summed E-state index contributed by atoms with van der Waals surface area (Å²) in [5.74, 6) is -0.240. The van der Waals surface area contributed by atoms with Crippen molar-refractivity contribution in [2.75, 3.05) is 4.90 Å². The average Bonchev–Trinajstić information content (AvgIpc) is 3.66. The van der Waals surface area contributed by atoms with Crippen LogP contribution in [0.4, 0.5) is 21.5 Å². The van der Waals surface area contributed by atoms with Crippen LogP contribution in [0.2, 0.25) is 0 Å². The summed E-state index contributed by atoms with van der Waals surface area (Å²) in [5.41, 5.74) is 14.1. The lowest BCUT2D eigenvalue weighted by molar-refractivity contribution is 0.628. The number of anilines is 3. The largest absolute Gasteiger partial charge is 0.456 e. The fraction of sp³-hybridized carbons (Fsp3) is 0.0612. The van der Waals surface area contributed by atoms with E-state index in [9.17, 15) is 4.39 Å². The molecule has 1 heterocycles. The number of benzene rings is 8. The quantitative estimate of drug-likeness (QED) is 0.181. The Labute approximate surface area is 302 Å². The normalized spacial score (nSPS) is 13.1. The molecule has 0 atom stereocenters. The van der Waals surface area contributed by atoms with Crippen molar-refractivity contribution in [2.45, 2.75) is 19.3 Å². The molecule has 0 N–H and O–H groups in total. The molecule has 0 saturated heterocycles. The maximum atomic E-state index is 14.4. The zero-order valence-corrected chi connectivity index (χ0v) is 28.9. The summed E-state index contributed by atoms with van der Waals surface area (Å²) in [4.78, 5) is 2.33. The van der Waals surface area contributed by atoms with Crippen molar-refractivity contribution in [3.05, 3.63) is 187 Å². The van der Waals surface area contributed by atoms with Crippen LogP contribution in [0.1, 0.15) is 25.0 Å². The predicted octanol–water partition coefficient (Wildman–Crippen LogP) is 14.0. The first-order valence-corrected chi connectivity index (χ1v) is 17.8. The van der Waals surface area contributed by atoms with Crippen molar-refractivity contribution in [3.8, 4) is 33.4 Å². The van der Waals surface area contributed by atoms with E-state index in [1.165, 1.54) is 28.3 Å². The lowest BCUT2D eigenvalue weighted by atomic mass is 9.82. The van der Waals surface area contributed by atoms with Crippen molar-refractivity contribution in [1.82, 2.24) is 0 Å². The second-order valence-corrected chi connectivity index (χ2v) is 14.3. The molecule has 1 aromatic heterocycles. The smallest absolute Gasteiger partial charge is 0.137 e. The summed E-state index contributed by atoms with van der Waals surface area (Å²) < 4.78 is 20.8. The molecule has 0 amide bonds. The fourth-order valence-electron chi connectivity index (χ4n) is 8.40. The van der Waals surface area contributed by atoms with Crippen molar-refractivity contribution in [1.29, 1.82) is 0 Å². The Balaban J connectivity index is 1.13. The highest BCUT2D eigenvalue weighted by molar-refractivity contribution is 6.07. The van der Waals surface area contributed by atoms with Gasteiger partial charge in [0.2, 0.25) is 0 Å². The van der Waals surface area contributed by atoms with Gasteiger partial charge in [-0.15, -0.1) is 0 Å². The summed E-state index contributed by atoms with van der Waals surface area (Å²) in [7, 11) is 0. The first-order chi connectivity index (χ1) is 25.4. The number of hydrogen-bond donors (Lipinski definition) is 0. The Morgan fingerprint density at radius 3 is 1.92 bits per heavy atom. The van der Waals surface area contributed by atoms with Crippen molar-refractivity contribution in [3.63, 3.8) is 0 Å². The molecule has 1 aliphatic rings. The molecule has 0 unspecified atom stereocenters. The van der Waals surface area contributed by atoms with Gasteiger partial charge < -0.3 is 9.32 Å². The molecule has 10 rings (SSSR count). The van der Waals surface area contributed by atoms with Crippen LogP contribution >= 0.6 is 0 Å². The molecule has 8 aromatic carbocycles. The van der Waals surface area contributed by atoms with Gasteiger partial charge in [-0.2, -0.15) is 0 Å². The number of hydrogen-bond acceptors (Lipinski definition) is 2. The Bertz CT molecular complexity index is 2840. The van der Waals surface area contributed by atoms with Crippen molar-refractivity contribution < 1.29 is 8.81 Å². The first-order valence-electron chi connectivity index (χ1n) is 17.8. The second kappa shape index (κ2) is 11.5. The predicted molar refractivity (Wildman–Crippen MR) is 214 cm³/mol. The third-order valence-electron chi connectivity index (χ3n) is 10.9. The highest BCUT2D eigenvalue weighted by Crippen LogP contribution is 2.51. The van der Waals surface area contributed by atoms with E-state index in [4.69, 9.17) is 4.42 Å². The summed E-state index contributed by atoms with van der Waals surface area (Å²) in [6.07, 6.45) is 0. The SMILES string of the molecule is CC1(C)c2ccccc2-c2ccc(N(c3ccc(-c4cccc5cccc(-c6cccc(F)c6)c45)cc3)c3ccc4c(c3)oc3ccccc34)cc21. The van der Waals surface area contributed by atoms with Gasteiger partial charge in [-0.1, -0.05) is 123 Å². The molecule has 1 aliphatic carbocycles. The molecule has 3 heteroatoms. The monoisotopic (exact) mass is 671 g/mol. The molecular formula is C49H34FNO. The molecule has 0 radical (unpaired) electrons. The average molecular weight is 672 g/mol. The summed E-state index contributed by atoms with van der Waals surface area (Å²) >= 11 is 0. The molecule has 0 aliphatic heterocycles. The fourth-order valence-corrected chi connectivity index (χ4v) is 8.40. The van der Waals surface area contributed by atoms with E-state index in [0.29, 0.717) is 0 Å². The van der Waals surface area contributed by atoms with Gasteiger partial charge in [-0.05, 0) is 110 Å². The molecule has 248 valence electrons. The van der Waals surface area contributed by atoms with Gasteiger partial charge in [0.25, 0.3) is 0 Å². The van der Waals surface area contributed by atoms with Crippen LogP contribution < -0.4 is 4.90 Å². The van der Waals surface area contributed by atoms with Gasteiger partial charge in [-0.3, -0.25) is 0 Å². The van der Waals surface area contributed by atoms with Crippen molar-refractivity contribution in [2.24, 2.45) is 0 Å². The van der Waals surface area contributed by atoms with E-state index in [1.54, 1.807) is 12.1 Å². The van der Waals surface area contributed by atoms with Crippen LogP contribution in [-0.2, 0) is 5.41 Å². The van der Waals surface area contributed by atoms with Crippen LogP contribution in [0.25, 0.3) is 66.1 Å². The Morgan fingerprint density at radius 2 is 1.10 bits per heavy atom. The van der Waals surface area contributed by atoms with E-state index in [2.05, 4.69) is 146 Å². The number of fused-ring (bicyclic) bond motifs is 7. The maximum absolute atomic E-state index is 14.4. The molecule has 2 nitrogen and oxygen atoms in total. The van der Waals surface area contributed by atoms with Gasteiger partial charge in [0.05, 0.1) is 0 Å². The van der Waals surface area contributed by atoms with Crippen LogP contribution in [0.15, 0.2) is 174 Å². The molecule has 0 saturated carbocycles. The van der Waals surface area contributed by atoms with Crippen molar-refractivity contribution >= 4 is 49.8 Å². The van der Waals surface area contributed by atoms with E-state index < -0.39 is 0 Å². The Morgan fingerprint density at radius 1 is 0.462 bits per heavy atom. The summed E-state index contributed by atoms with van der Waals surface area (Å²) in [5, 5.41) is 4.44. The second-order valence-electron chi connectivity index (χ2n) is 14.3.